The van der Waals surface area contributed by atoms with Gasteiger partial charge in [0.25, 0.3) is 0 Å². The summed E-state index contributed by atoms with van der Waals surface area (Å²) in [7, 11) is 0. The van der Waals surface area contributed by atoms with Crippen LogP contribution in [0.1, 0.15) is 5.56 Å². The molecular weight excluding hydrogens is 231 g/mol. The largest absolute Gasteiger partial charge is 0.467 e. The molecule has 0 aromatic heterocycles. The molecule has 0 saturated carbocycles. The molecule has 1 aromatic carbocycles. The predicted octanol–water partition coefficient (Wildman–Crippen LogP) is 3.57. The van der Waals surface area contributed by atoms with Gasteiger partial charge in [0.1, 0.15) is 5.75 Å². The Balaban J connectivity index is 2.84. The molecule has 0 unspecified atom stereocenters. The molecule has 0 aliphatic carbocycles. The van der Waals surface area contributed by atoms with Crippen LogP contribution in [0.15, 0.2) is 24.3 Å². The van der Waals surface area contributed by atoms with Gasteiger partial charge in [-0.05, 0) is 19.1 Å². The monoisotopic (exact) mass is 240 g/mol. The van der Waals surface area contributed by atoms with Crippen molar-refractivity contribution in [2.75, 3.05) is 6.67 Å². The van der Waals surface area contributed by atoms with E-state index >= 15 is 0 Å². The van der Waals surface area contributed by atoms with Gasteiger partial charge in [0, 0.05) is 0 Å². The molecule has 1 rings (SSSR count). The fraction of sp³-hybridized carbons (Fsp3) is 0.400. The van der Waals surface area contributed by atoms with Crippen LogP contribution in [-0.4, -0.2) is 18.7 Å². The van der Waals surface area contributed by atoms with Gasteiger partial charge in [-0.1, -0.05) is 17.7 Å². The molecule has 0 atom stereocenters. The highest BCUT2D eigenvalue weighted by Crippen LogP contribution is 2.36. The second kappa shape index (κ2) is 4.27. The van der Waals surface area contributed by atoms with Crippen molar-refractivity contribution in [3.05, 3.63) is 29.8 Å². The number of hydrogen-bond acceptors (Lipinski definition) is 1. The zero-order valence-electron chi connectivity index (χ0n) is 8.31. The zero-order chi connectivity index (χ0) is 12.4. The van der Waals surface area contributed by atoms with Gasteiger partial charge in [-0.3, -0.25) is 0 Å². The van der Waals surface area contributed by atoms with E-state index in [0.717, 1.165) is 17.7 Å². The summed E-state index contributed by atoms with van der Waals surface area (Å²) >= 11 is 0. The van der Waals surface area contributed by atoms with Crippen molar-refractivity contribution in [3.63, 3.8) is 0 Å². The van der Waals surface area contributed by atoms with Crippen LogP contribution < -0.4 is 4.74 Å². The molecule has 1 nitrogen and oxygen atoms in total. The van der Waals surface area contributed by atoms with Crippen LogP contribution in [0.5, 0.6) is 5.75 Å². The van der Waals surface area contributed by atoms with E-state index in [1.807, 2.05) is 0 Å². The Morgan fingerprint density at radius 2 is 1.56 bits per heavy atom. The summed E-state index contributed by atoms with van der Waals surface area (Å²) in [5, 5.41) is 0. The molecule has 0 spiro atoms. The summed E-state index contributed by atoms with van der Waals surface area (Å²) < 4.78 is 66.0. The minimum atomic E-state index is -4.86. The SMILES string of the molecule is Cc1ccc(OC(F)(F)C(F)(F)CF)cc1. The lowest BCUT2D eigenvalue weighted by molar-refractivity contribution is -0.312. The molecule has 1 aromatic rings. The topological polar surface area (TPSA) is 9.23 Å². The molecule has 0 aliphatic heterocycles. The Kier molecular flexibility index (Phi) is 3.40. The molecule has 0 amide bonds. The first-order valence-corrected chi connectivity index (χ1v) is 4.36. The lowest BCUT2D eigenvalue weighted by atomic mass is 10.2. The summed E-state index contributed by atoms with van der Waals surface area (Å²) in [6.07, 6.45) is -4.86. The van der Waals surface area contributed by atoms with Crippen LogP contribution in [0.3, 0.4) is 0 Å². The summed E-state index contributed by atoms with van der Waals surface area (Å²) in [6, 6.07) is 5.05. The number of aryl methyl sites for hydroxylation is 1. The maximum atomic E-state index is 12.8. The van der Waals surface area contributed by atoms with Gasteiger partial charge in [-0.2, -0.15) is 17.6 Å². The van der Waals surface area contributed by atoms with Crippen molar-refractivity contribution < 1.29 is 26.7 Å². The van der Waals surface area contributed by atoms with E-state index in [9.17, 15) is 22.0 Å². The molecule has 0 saturated heterocycles. The molecule has 0 aliphatic rings. The van der Waals surface area contributed by atoms with Gasteiger partial charge >= 0.3 is 12.0 Å². The average Bonchev–Trinajstić information content (AvgIpc) is 2.21. The average molecular weight is 240 g/mol. The van der Waals surface area contributed by atoms with Gasteiger partial charge in [0.15, 0.2) is 6.67 Å². The van der Waals surface area contributed by atoms with E-state index in [2.05, 4.69) is 4.74 Å². The van der Waals surface area contributed by atoms with Gasteiger partial charge in [-0.15, -0.1) is 0 Å². The first kappa shape index (κ1) is 12.7. The molecule has 0 heterocycles. The van der Waals surface area contributed by atoms with Gasteiger partial charge in [0.05, 0.1) is 0 Å². The first-order valence-electron chi connectivity index (χ1n) is 4.36. The van der Waals surface area contributed by atoms with Crippen LogP contribution in [-0.2, 0) is 0 Å². The molecular formula is C10H9F5O. The quantitative estimate of drug-likeness (QED) is 0.731. The van der Waals surface area contributed by atoms with Crippen LogP contribution in [0.25, 0.3) is 0 Å². The lowest BCUT2D eigenvalue weighted by Crippen LogP contribution is -2.46. The number of alkyl halides is 5. The standard InChI is InChI=1S/C10H9F5O/c1-7-2-4-8(5-3-7)16-10(14,15)9(12,13)6-11/h2-5H,6H2,1H3. The second-order valence-corrected chi connectivity index (χ2v) is 3.27. The maximum Gasteiger partial charge on any atom is 0.467 e. The Bertz CT molecular complexity index is 347. The molecule has 0 N–H and O–H groups in total. The smallest absolute Gasteiger partial charge is 0.428 e. The summed E-state index contributed by atoms with van der Waals surface area (Å²) in [4.78, 5) is 0. The van der Waals surface area contributed by atoms with E-state index in [4.69, 9.17) is 0 Å². The Hall–Kier alpha value is -1.33. The second-order valence-electron chi connectivity index (χ2n) is 3.27. The van der Waals surface area contributed by atoms with E-state index in [-0.39, 0.29) is 0 Å². The van der Waals surface area contributed by atoms with Gasteiger partial charge in [0.2, 0.25) is 0 Å². The highest BCUT2D eigenvalue weighted by atomic mass is 19.3. The Labute approximate surface area is 88.8 Å². The molecule has 16 heavy (non-hydrogen) atoms. The third-order valence-electron chi connectivity index (χ3n) is 1.86. The first-order chi connectivity index (χ1) is 7.28. The number of rotatable bonds is 4. The van der Waals surface area contributed by atoms with E-state index in [1.54, 1.807) is 6.92 Å². The highest BCUT2D eigenvalue weighted by Gasteiger charge is 2.59. The molecule has 90 valence electrons. The highest BCUT2D eigenvalue weighted by molar-refractivity contribution is 5.26. The van der Waals surface area contributed by atoms with Crippen LogP contribution in [0.2, 0.25) is 0 Å². The number of ether oxygens (including phenoxy) is 1. The Morgan fingerprint density at radius 1 is 1.06 bits per heavy atom. The van der Waals surface area contributed by atoms with Crippen LogP contribution >= 0.6 is 0 Å². The normalized spacial score (nSPS) is 12.6. The summed E-state index contributed by atoms with van der Waals surface area (Å²) in [5.74, 6) is -5.28. The maximum absolute atomic E-state index is 12.8. The van der Waals surface area contributed by atoms with Crippen molar-refractivity contribution in [1.82, 2.24) is 0 Å². The van der Waals surface area contributed by atoms with Crippen LogP contribution in [0, 0.1) is 6.92 Å². The number of benzene rings is 1. The van der Waals surface area contributed by atoms with Crippen molar-refractivity contribution in [2.24, 2.45) is 0 Å². The third kappa shape index (κ3) is 2.62. The summed E-state index contributed by atoms with van der Waals surface area (Å²) in [6.45, 7) is -0.788. The molecule has 6 heteroatoms. The minimum absolute atomic E-state index is 0.441. The minimum Gasteiger partial charge on any atom is -0.428 e. The van der Waals surface area contributed by atoms with Crippen molar-refractivity contribution in [2.45, 2.75) is 19.0 Å². The number of hydrogen-bond donors (Lipinski definition) is 0. The van der Waals surface area contributed by atoms with E-state index < -0.39 is 24.5 Å². The Morgan fingerprint density at radius 3 is 2.00 bits per heavy atom. The van der Waals surface area contributed by atoms with Crippen molar-refractivity contribution in [3.8, 4) is 5.75 Å². The number of halogens is 5. The lowest BCUT2D eigenvalue weighted by Gasteiger charge is -2.24. The zero-order valence-corrected chi connectivity index (χ0v) is 8.31. The predicted molar refractivity (Wildman–Crippen MR) is 47.7 cm³/mol. The van der Waals surface area contributed by atoms with Gasteiger partial charge in [-0.25, -0.2) is 4.39 Å². The third-order valence-corrected chi connectivity index (χ3v) is 1.86. The van der Waals surface area contributed by atoms with Crippen LogP contribution in [0.4, 0.5) is 22.0 Å². The van der Waals surface area contributed by atoms with E-state index in [1.165, 1.54) is 12.1 Å². The molecule has 0 bridgehead atoms. The van der Waals surface area contributed by atoms with Crippen molar-refractivity contribution in [1.29, 1.82) is 0 Å². The molecule has 0 radical (unpaired) electrons. The molecule has 0 fully saturated rings. The fourth-order valence-electron chi connectivity index (χ4n) is 0.907. The van der Waals surface area contributed by atoms with E-state index in [0.29, 0.717) is 0 Å². The van der Waals surface area contributed by atoms with Gasteiger partial charge < -0.3 is 4.74 Å². The fourth-order valence-corrected chi connectivity index (χ4v) is 0.907. The summed E-state index contributed by atoms with van der Waals surface area (Å²) in [5.41, 5.74) is 0.757. The van der Waals surface area contributed by atoms with Crippen molar-refractivity contribution >= 4 is 0 Å².